The van der Waals surface area contributed by atoms with Crippen molar-refractivity contribution in [2.45, 2.75) is 39.7 Å². The highest BCUT2D eigenvalue weighted by Gasteiger charge is 2.28. The lowest BCUT2D eigenvalue weighted by Gasteiger charge is -2.23. The summed E-state index contributed by atoms with van der Waals surface area (Å²) in [5.74, 6) is 1.48. The molecule has 1 aromatic rings. The predicted molar refractivity (Wildman–Crippen MR) is 109 cm³/mol. The van der Waals surface area contributed by atoms with Crippen molar-refractivity contribution >= 4 is 16.0 Å². The molecule has 1 aliphatic heterocycles. The van der Waals surface area contributed by atoms with Crippen LogP contribution in [0.2, 0.25) is 0 Å². The second-order valence-electron chi connectivity index (χ2n) is 7.69. The molecule has 8 nitrogen and oxygen atoms in total. The monoisotopic (exact) mass is 398 g/mol. The lowest BCUT2D eigenvalue weighted by Crippen LogP contribution is -2.39. The molecule has 2 rings (SSSR count). The predicted octanol–water partition coefficient (Wildman–Crippen LogP) is 1.22. The van der Waals surface area contributed by atoms with Gasteiger partial charge in [0.15, 0.2) is 5.96 Å². The number of aliphatic imine (C=N–C) groups is 1. The fraction of sp³-hybridized carbons (Fsp3) is 0.778. The first-order valence-electron chi connectivity index (χ1n) is 9.58. The second kappa shape index (κ2) is 9.05. The van der Waals surface area contributed by atoms with Crippen molar-refractivity contribution in [3.63, 3.8) is 0 Å². The Hall–Kier alpha value is -1.61. The third-order valence-corrected chi connectivity index (χ3v) is 6.07. The van der Waals surface area contributed by atoms with Gasteiger partial charge in [0.25, 0.3) is 0 Å². The van der Waals surface area contributed by atoms with E-state index in [1.54, 1.807) is 4.31 Å². The minimum absolute atomic E-state index is 0.270. The summed E-state index contributed by atoms with van der Waals surface area (Å²) >= 11 is 0. The van der Waals surface area contributed by atoms with E-state index in [4.69, 9.17) is 4.99 Å². The molecule has 0 bridgehead atoms. The molecule has 0 amide bonds. The zero-order chi connectivity index (χ0) is 20.2. The summed E-state index contributed by atoms with van der Waals surface area (Å²) in [7, 11) is 0.868. The number of hydrogen-bond donors (Lipinski definition) is 1. The van der Waals surface area contributed by atoms with Gasteiger partial charge in [-0.25, -0.2) is 12.7 Å². The molecule has 1 fully saturated rings. The van der Waals surface area contributed by atoms with Gasteiger partial charge in [0.05, 0.1) is 11.9 Å². The maximum atomic E-state index is 11.7. The Balaban J connectivity index is 2.04. The minimum Gasteiger partial charge on any atom is -0.357 e. The summed E-state index contributed by atoms with van der Waals surface area (Å²) < 4.78 is 26.8. The second-order valence-corrected chi connectivity index (χ2v) is 9.68. The van der Waals surface area contributed by atoms with Crippen LogP contribution in [0.1, 0.15) is 44.4 Å². The summed E-state index contributed by atoms with van der Waals surface area (Å²) in [5, 5.41) is 7.92. The largest absolute Gasteiger partial charge is 0.357 e. The molecule has 0 saturated carbocycles. The Morgan fingerprint density at radius 2 is 2.19 bits per heavy atom. The van der Waals surface area contributed by atoms with Crippen LogP contribution in [0.15, 0.2) is 11.2 Å². The number of nitrogens with one attached hydrogen (secondary N) is 1. The molecule has 0 radical (unpaired) electrons. The van der Waals surface area contributed by atoms with E-state index in [9.17, 15) is 8.42 Å². The third kappa shape index (κ3) is 5.93. The highest BCUT2D eigenvalue weighted by Crippen LogP contribution is 2.20. The van der Waals surface area contributed by atoms with Crippen molar-refractivity contribution in [1.82, 2.24) is 24.3 Å². The molecular formula is C18H34N6O2S. The molecule has 1 N–H and O–H groups in total. The summed E-state index contributed by atoms with van der Waals surface area (Å²) in [6, 6.07) is 0. The molecule has 27 heavy (non-hydrogen) atoms. The molecule has 154 valence electrons. The number of nitrogens with zero attached hydrogens (tertiary/aromatic N) is 5. The van der Waals surface area contributed by atoms with Crippen molar-refractivity contribution in [2.24, 2.45) is 18.0 Å². The molecule has 0 aliphatic carbocycles. The van der Waals surface area contributed by atoms with Gasteiger partial charge in [-0.3, -0.25) is 9.67 Å². The van der Waals surface area contributed by atoms with Gasteiger partial charge in [-0.2, -0.15) is 5.10 Å². The Morgan fingerprint density at radius 1 is 1.48 bits per heavy atom. The number of sulfonamides is 1. The van der Waals surface area contributed by atoms with Crippen molar-refractivity contribution in [2.75, 3.05) is 39.5 Å². The van der Waals surface area contributed by atoms with Crippen LogP contribution in [0.3, 0.4) is 0 Å². The summed E-state index contributed by atoms with van der Waals surface area (Å²) in [4.78, 5) is 6.88. The fourth-order valence-electron chi connectivity index (χ4n) is 3.43. The van der Waals surface area contributed by atoms with Crippen molar-refractivity contribution in [3.8, 4) is 0 Å². The number of aryl methyl sites for hydroxylation is 1. The molecule has 1 atom stereocenters. The van der Waals surface area contributed by atoms with E-state index in [0.29, 0.717) is 25.6 Å². The third-order valence-electron chi connectivity index (χ3n) is 4.80. The van der Waals surface area contributed by atoms with E-state index in [2.05, 4.69) is 35.4 Å². The topological polar surface area (TPSA) is 82.8 Å². The van der Waals surface area contributed by atoms with Gasteiger partial charge in [0.1, 0.15) is 0 Å². The molecule has 9 heteroatoms. The van der Waals surface area contributed by atoms with Crippen LogP contribution in [0.25, 0.3) is 0 Å². The number of guanidine groups is 1. The first-order chi connectivity index (χ1) is 12.6. The number of aromatic nitrogens is 2. The molecule has 1 unspecified atom stereocenters. The SMILES string of the molecule is CCNC(=NCC1CCN(S(C)(=O)=O)C1)N(C)Cc1cn(C)nc1C(C)C. The van der Waals surface area contributed by atoms with Gasteiger partial charge in [0.2, 0.25) is 10.0 Å². The van der Waals surface area contributed by atoms with Gasteiger partial charge in [-0.1, -0.05) is 13.8 Å². The Morgan fingerprint density at radius 3 is 2.74 bits per heavy atom. The summed E-state index contributed by atoms with van der Waals surface area (Å²) in [6.07, 6.45) is 4.20. The van der Waals surface area contributed by atoms with Crippen LogP contribution < -0.4 is 5.32 Å². The van der Waals surface area contributed by atoms with Crippen LogP contribution in [-0.2, 0) is 23.6 Å². The first-order valence-corrected chi connectivity index (χ1v) is 11.4. The molecule has 1 saturated heterocycles. The fourth-order valence-corrected chi connectivity index (χ4v) is 4.34. The smallest absolute Gasteiger partial charge is 0.211 e. The Kier molecular flexibility index (Phi) is 7.27. The quantitative estimate of drug-likeness (QED) is 0.552. The Labute approximate surface area is 163 Å². The average Bonchev–Trinajstić information content (AvgIpc) is 3.17. The van der Waals surface area contributed by atoms with Gasteiger partial charge in [-0.05, 0) is 25.2 Å². The molecule has 2 heterocycles. The maximum Gasteiger partial charge on any atom is 0.211 e. The lowest BCUT2D eigenvalue weighted by molar-refractivity contribution is 0.455. The lowest BCUT2D eigenvalue weighted by atomic mass is 10.1. The van der Waals surface area contributed by atoms with Gasteiger partial charge in [0, 0.05) is 58.6 Å². The van der Waals surface area contributed by atoms with E-state index < -0.39 is 10.0 Å². The molecular weight excluding hydrogens is 364 g/mol. The highest BCUT2D eigenvalue weighted by molar-refractivity contribution is 7.88. The standard InChI is InChI=1S/C18H34N6O2S/c1-7-19-18(20-10-15-8-9-24(11-15)27(6,25)26)22(4)12-16-13-23(5)21-17(16)14(2)3/h13-15H,7-12H2,1-6H3,(H,19,20). The van der Waals surface area contributed by atoms with Crippen LogP contribution in [0.4, 0.5) is 0 Å². The van der Waals surface area contributed by atoms with Gasteiger partial charge < -0.3 is 10.2 Å². The van der Waals surface area contributed by atoms with E-state index in [1.165, 1.54) is 11.8 Å². The first kappa shape index (κ1) is 21.7. The van der Waals surface area contributed by atoms with Crippen LogP contribution >= 0.6 is 0 Å². The van der Waals surface area contributed by atoms with Crippen LogP contribution in [-0.4, -0.2) is 72.8 Å². The molecule has 0 spiro atoms. The van der Waals surface area contributed by atoms with Gasteiger partial charge >= 0.3 is 0 Å². The number of hydrogen-bond acceptors (Lipinski definition) is 4. The van der Waals surface area contributed by atoms with Gasteiger partial charge in [-0.15, -0.1) is 0 Å². The minimum atomic E-state index is -3.10. The normalized spacial score (nSPS) is 19.1. The number of rotatable bonds is 7. The maximum absolute atomic E-state index is 11.7. The van der Waals surface area contributed by atoms with Crippen molar-refractivity contribution in [1.29, 1.82) is 0 Å². The van der Waals surface area contributed by atoms with E-state index in [1.807, 2.05) is 25.7 Å². The van der Waals surface area contributed by atoms with Crippen LogP contribution in [0, 0.1) is 5.92 Å². The molecule has 1 aromatic heterocycles. The Bertz CT molecular complexity index is 756. The zero-order valence-electron chi connectivity index (χ0n) is 17.4. The highest BCUT2D eigenvalue weighted by atomic mass is 32.2. The van der Waals surface area contributed by atoms with Crippen molar-refractivity contribution < 1.29 is 8.42 Å². The summed E-state index contributed by atoms with van der Waals surface area (Å²) in [5.41, 5.74) is 2.31. The summed E-state index contributed by atoms with van der Waals surface area (Å²) in [6.45, 7) is 9.65. The average molecular weight is 399 g/mol. The van der Waals surface area contributed by atoms with Crippen molar-refractivity contribution in [3.05, 3.63) is 17.5 Å². The van der Waals surface area contributed by atoms with Crippen LogP contribution in [0.5, 0.6) is 0 Å². The van der Waals surface area contributed by atoms with E-state index >= 15 is 0 Å². The van der Waals surface area contributed by atoms with E-state index in [0.717, 1.165) is 31.2 Å². The van der Waals surface area contributed by atoms with E-state index in [-0.39, 0.29) is 5.92 Å². The molecule has 0 aromatic carbocycles. The zero-order valence-corrected chi connectivity index (χ0v) is 18.3. The molecule has 1 aliphatic rings.